The predicted molar refractivity (Wildman–Crippen MR) is 83.1 cm³/mol. The first-order valence-electron chi connectivity index (χ1n) is 8.67. The molecule has 4 rings (SSSR count). The molecule has 114 valence electrons. The molecule has 2 aliphatic carbocycles. The number of ether oxygens (including phenoxy) is 1. The van der Waals surface area contributed by atoms with Crippen LogP contribution in [-0.2, 0) is 11.2 Å². The van der Waals surface area contributed by atoms with Crippen molar-refractivity contribution in [1.82, 2.24) is 0 Å². The van der Waals surface area contributed by atoms with Crippen molar-refractivity contribution in [3.63, 3.8) is 0 Å². The first kappa shape index (κ1) is 13.8. The van der Waals surface area contributed by atoms with E-state index in [1.165, 1.54) is 43.2 Å². The van der Waals surface area contributed by atoms with E-state index in [0.717, 1.165) is 25.9 Å². The number of hydrogen-bond acceptors (Lipinski definition) is 2. The lowest BCUT2D eigenvalue weighted by Gasteiger charge is -2.49. The molecule has 1 aliphatic heterocycles. The van der Waals surface area contributed by atoms with Crippen LogP contribution in [0.3, 0.4) is 0 Å². The monoisotopic (exact) mass is 286 g/mol. The van der Waals surface area contributed by atoms with Crippen LogP contribution in [0.25, 0.3) is 0 Å². The van der Waals surface area contributed by atoms with Crippen LogP contribution in [0.5, 0.6) is 0 Å². The van der Waals surface area contributed by atoms with Gasteiger partial charge in [-0.15, -0.1) is 0 Å². The molecule has 1 saturated heterocycles. The van der Waals surface area contributed by atoms with Crippen LogP contribution in [0.4, 0.5) is 0 Å². The molecule has 1 aromatic rings. The summed E-state index contributed by atoms with van der Waals surface area (Å²) < 4.78 is 6.08. The van der Waals surface area contributed by atoms with E-state index < -0.39 is 0 Å². The lowest BCUT2D eigenvalue weighted by molar-refractivity contribution is -0.156. The summed E-state index contributed by atoms with van der Waals surface area (Å²) in [5, 5.41) is 11.0. The summed E-state index contributed by atoms with van der Waals surface area (Å²) in [6, 6.07) is 8.50. The Bertz CT molecular complexity index is 506. The summed E-state index contributed by atoms with van der Waals surface area (Å²) in [5.41, 5.74) is 2.74. The van der Waals surface area contributed by atoms with E-state index in [1.807, 2.05) is 0 Å². The number of aryl methyl sites for hydroxylation is 1. The second kappa shape index (κ2) is 5.40. The molecule has 3 aliphatic rings. The zero-order chi connectivity index (χ0) is 14.3. The number of aliphatic hydroxyl groups is 1. The molecule has 1 N–H and O–H groups in total. The fraction of sp³-hybridized carbons (Fsp3) is 0.684. The Balaban J connectivity index is 1.57. The molecule has 2 heteroatoms. The Hall–Kier alpha value is -0.860. The van der Waals surface area contributed by atoms with Crippen molar-refractivity contribution in [2.24, 2.45) is 11.8 Å². The van der Waals surface area contributed by atoms with Crippen LogP contribution < -0.4 is 0 Å². The molecule has 3 atom stereocenters. The molecule has 2 fully saturated rings. The maximum atomic E-state index is 11.0. The van der Waals surface area contributed by atoms with Gasteiger partial charge in [-0.05, 0) is 74.3 Å². The molecule has 1 heterocycles. The van der Waals surface area contributed by atoms with Crippen LogP contribution in [0.1, 0.15) is 62.2 Å². The van der Waals surface area contributed by atoms with Gasteiger partial charge >= 0.3 is 0 Å². The predicted octanol–water partition coefficient (Wildman–Crippen LogP) is 4.02. The van der Waals surface area contributed by atoms with Crippen molar-refractivity contribution >= 4 is 0 Å². The topological polar surface area (TPSA) is 29.5 Å². The highest BCUT2D eigenvalue weighted by atomic mass is 16.5. The molecule has 0 bridgehead atoms. The molecule has 1 saturated carbocycles. The second-order valence-corrected chi connectivity index (χ2v) is 7.34. The van der Waals surface area contributed by atoms with Gasteiger partial charge in [0.1, 0.15) is 0 Å². The molecule has 3 unspecified atom stereocenters. The fourth-order valence-electron chi connectivity index (χ4n) is 4.81. The summed E-state index contributed by atoms with van der Waals surface area (Å²) in [5.74, 6) is 1.07. The lowest BCUT2D eigenvalue weighted by atomic mass is 9.67. The van der Waals surface area contributed by atoms with Gasteiger partial charge in [0.25, 0.3) is 0 Å². The molecule has 21 heavy (non-hydrogen) atoms. The number of rotatable bonds is 1. The molecule has 2 nitrogen and oxygen atoms in total. The van der Waals surface area contributed by atoms with Crippen molar-refractivity contribution in [2.45, 2.75) is 63.1 Å². The summed E-state index contributed by atoms with van der Waals surface area (Å²) >= 11 is 0. The van der Waals surface area contributed by atoms with Gasteiger partial charge in [-0.25, -0.2) is 0 Å². The maximum absolute atomic E-state index is 11.0. The third kappa shape index (κ3) is 2.43. The Morgan fingerprint density at radius 1 is 1.10 bits per heavy atom. The van der Waals surface area contributed by atoms with Gasteiger partial charge in [-0.1, -0.05) is 24.3 Å². The number of benzene rings is 1. The van der Waals surface area contributed by atoms with Crippen molar-refractivity contribution < 1.29 is 9.84 Å². The van der Waals surface area contributed by atoms with Gasteiger partial charge in [0.2, 0.25) is 0 Å². The Labute approximate surface area is 127 Å². The average Bonchev–Trinajstić information content (AvgIpc) is 2.66. The fourth-order valence-corrected chi connectivity index (χ4v) is 4.81. The second-order valence-electron chi connectivity index (χ2n) is 7.34. The van der Waals surface area contributed by atoms with Crippen LogP contribution in [0.15, 0.2) is 24.3 Å². The Morgan fingerprint density at radius 3 is 2.76 bits per heavy atom. The number of hydrogen-bond donors (Lipinski definition) is 1. The first-order valence-corrected chi connectivity index (χ1v) is 8.67. The maximum Gasteiger partial charge on any atom is 0.0823 e. The lowest BCUT2D eigenvalue weighted by Crippen LogP contribution is -2.47. The smallest absolute Gasteiger partial charge is 0.0823 e. The van der Waals surface area contributed by atoms with Crippen LogP contribution in [0, 0.1) is 11.8 Å². The van der Waals surface area contributed by atoms with E-state index in [4.69, 9.17) is 4.74 Å². The van der Waals surface area contributed by atoms with E-state index >= 15 is 0 Å². The van der Waals surface area contributed by atoms with Crippen molar-refractivity contribution in [3.05, 3.63) is 35.4 Å². The summed E-state index contributed by atoms with van der Waals surface area (Å²) in [7, 11) is 0. The highest BCUT2D eigenvalue weighted by Gasteiger charge is 2.45. The third-order valence-electron chi connectivity index (χ3n) is 6.16. The van der Waals surface area contributed by atoms with Crippen molar-refractivity contribution in [3.8, 4) is 0 Å². The zero-order valence-electron chi connectivity index (χ0n) is 12.8. The van der Waals surface area contributed by atoms with Gasteiger partial charge in [-0.2, -0.15) is 0 Å². The highest BCUT2D eigenvalue weighted by molar-refractivity contribution is 5.30. The van der Waals surface area contributed by atoms with E-state index in [2.05, 4.69) is 24.3 Å². The van der Waals surface area contributed by atoms with E-state index in [1.54, 1.807) is 0 Å². The van der Waals surface area contributed by atoms with Gasteiger partial charge in [-0.3, -0.25) is 0 Å². The molecular weight excluding hydrogens is 260 g/mol. The van der Waals surface area contributed by atoms with E-state index in [9.17, 15) is 5.11 Å². The zero-order valence-corrected chi connectivity index (χ0v) is 12.8. The normalized spacial score (nSPS) is 34.8. The summed E-state index contributed by atoms with van der Waals surface area (Å²) in [6.07, 6.45) is 9.33. The SMILES string of the molecule is OC1c2ccccc2CCCC1C1CCOC2(CCC2)C1. The van der Waals surface area contributed by atoms with E-state index in [0.29, 0.717) is 11.8 Å². The van der Waals surface area contributed by atoms with E-state index in [-0.39, 0.29) is 11.7 Å². The first-order chi connectivity index (χ1) is 10.3. The van der Waals surface area contributed by atoms with Crippen LogP contribution in [0.2, 0.25) is 0 Å². The third-order valence-corrected chi connectivity index (χ3v) is 6.16. The van der Waals surface area contributed by atoms with Gasteiger partial charge in [0.05, 0.1) is 11.7 Å². The molecular formula is C19H26O2. The number of fused-ring (bicyclic) bond motifs is 1. The Kier molecular flexibility index (Phi) is 3.55. The molecule has 0 aromatic heterocycles. The minimum Gasteiger partial charge on any atom is -0.388 e. The molecule has 0 radical (unpaired) electrons. The average molecular weight is 286 g/mol. The minimum atomic E-state index is -0.274. The van der Waals surface area contributed by atoms with Crippen molar-refractivity contribution in [2.75, 3.05) is 6.61 Å². The summed E-state index contributed by atoms with van der Waals surface area (Å²) in [4.78, 5) is 0. The quantitative estimate of drug-likeness (QED) is 0.790. The number of aliphatic hydroxyl groups excluding tert-OH is 1. The van der Waals surface area contributed by atoms with Gasteiger partial charge in [0, 0.05) is 6.61 Å². The Morgan fingerprint density at radius 2 is 1.95 bits per heavy atom. The molecule has 0 amide bonds. The van der Waals surface area contributed by atoms with Crippen molar-refractivity contribution in [1.29, 1.82) is 0 Å². The summed E-state index contributed by atoms with van der Waals surface area (Å²) in [6.45, 7) is 0.898. The van der Waals surface area contributed by atoms with Gasteiger partial charge in [0.15, 0.2) is 0 Å². The van der Waals surface area contributed by atoms with Crippen LogP contribution >= 0.6 is 0 Å². The highest BCUT2D eigenvalue weighted by Crippen LogP contribution is 2.49. The largest absolute Gasteiger partial charge is 0.388 e. The minimum absolute atomic E-state index is 0.189. The van der Waals surface area contributed by atoms with Gasteiger partial charge < -0.3 is 9.84 Å². The standard InChI is InChI=1S/C19H26O2/c20-18-16-7-2-1-5-14(16)6-3-8-17(18)15-9-12-21-19(13-15)10-4-11-19/h1-2,5,7,15,17-18,20H,3-4,6,8-13H2. The molecule has 1 aromatic carbocycles. The molecule has 1 spiro atoms. The van der Waals surface area contributed by atoms with Crippen LogP contribution in [-0.4, -0.2) is 17.3 Å².